The average Bonchev–Trinajstić information content (AvgIpc) is 3.02. The van der Waals surface area contributed by atoms with Gasteiger partial charge in [0.2, 0.25) is 0 Å². The first-order chi connectivity index (χ1) is 9.96. The van der Waals surface area contributed by atoms with Crippen molar-refractivity contribution in [2.75, 3.05) is 11.3 Å². The summed E-state index contributed by atoms with van der Waals surface area (Å²) in [5.41, 5.74) is 0.415. The van der Waals surface area contributed by atoms with Crippen molar-refractivity contribution < 1.29 is 12.8 Å². The fraction of sp³-hybridized carbons (Fsp3) is 0.417. The smallest absolute Gasteiger partial charge is 0.266 e. The Morgan fingerprint density at radius 1 is 1.43 bits per heavy atom. The number of rotatable bonds is 7. The van der Waals surface area contributed by atoms with Gasteiger partial charge >= 0.3 is 0 Å². The second-order valence-corrected chi connectivity index (χ2v) is 6.69. The van der Waals surface area contributed by atoms with Crippen LogP contribution in [0.2, 0.25) is 0 Å². The first-order valence-corrected chi connectivity index (χ1v) is 8.78. The van der Waals surface area contributed by atoms with Crippen molar-refractivity contribution in [3.63, 3.8) is 0 Å². The number of sulfonamides is 1. The molecule has 116 valence electrons. The number of hydrogen-bond donors (Lipinski definition) is 2. The maximum atomic E-state index is 12.3. The van der Waals surface area contributed by atoms with E-state index in [2.05, 4.69) is 31.1 Å². The molecule has 2 aromatic heterocycles. The van der Waals surface area contributed by atoms with Gasteiger partial charge in [-0.2, -0.15) is 5.10 Å². The van der Waals surface area contributed by atoms with Crippen LogP contribution >= 0.6 is 15.9 Å². The summed E-state index contributed by atoms with van der Waals surface area (Å²) in [6.07, 6.45) is 3.10. The molecule has 7 nitrogen and oxygen atoms in total. The molecule has 0 aliphatic carbocycles. The van der Waals surface area contributed by atoms with Crippen molar-refractivity contribution in [2.24, 2.45) is 0 Å². The number of hydrogen-bond acceptors (Lipinski definition) is 5. The third-order valence-electron chi connectivity index (χ3n) is 2.75. The molecule has 0 atom stereocenters. The molecule has 0 spiro atoms. The molecule has 0 aliphatic heterocycles. The number of aryl methyl sites for hydroxylation is 1. The molecule has 2 heterocycles. The lowest BCUT2D eigenvalue weighted by Crippen LogP contribution is -2.13. The van der Waals surface area contributed by atoms with E-state index in [1.165, 1.54) is 12.3 Å². The van der Waals surface area contributed by atoms with Crippen molar-refractivity contribution >= 4 is 31.6 Å². The minimum atomic E-state index is -3.71. The zero-order valence-electron chi connectivity index (χ0n) is 11.8. The molecule has 0 amide bonds. The third-order valence-corrected chi connectivity index (χ3v) is 4.99. The lowest BCUT2D eigenvalue weighted by molar-refractivity contribution is 0.464. The van der Waals surface area contributed by atoms with Gasteiger partial charge in [0.25, 0.3) is 10.0 Å². The third kappa shape index (κ3) is 3.86. The van der Waals surface area contributed by atoms with Crippen LogP contribution in [0.4, 0.5) is 5.69 Å². The SMILES string of the molecule is CCNCc1cc(S(=O)(=O)Nc2cnn(CC)c2)c(Br)o1. The Bertz CT molecular complexity index is 708. The molecule has 21 heavy (non-hydrogen) atoms. The van der Waals surface area contributed by atoms with E-state index in [-0.39, 0.29) is 9.56 Å². The quantitative estimate of drug-likeness (QED) is 0.772. The first-order valence-electron chi connectivity index (χ1n) is 6.50. The Labute approximate surface area is 131 Å². The van der Waals surface area contributed by atoms with Crippen molar-refractivity contribution in [3.05, 3.63) is 28.9 Å². The van der Waals surface area contributed by atoms with Gasteiger partial charge in [-0.1, -0.05) is 6.92 Å². The number of aromatic nitrogens is 2. The zero-order chi connectivity index (χ0) is 15.5. The maximum Gasteiger partial charge on any atom is 0.266 e. The molecule has 0 aliphatic rings. The van der Waals surface area contributed by atoms with E-state index in [9.17, 15) is 8.42 Å². The van der Waals surface area contributed by atoms with Gasteiger partial charge in [-0.3, -0.25) is 9.40 Å². The largest absolute Gasteiger partial charge is 0.451 e. The summed E-state index contributed by atoms with van der Waals surface area (Å²) in [7, 11) is -3.71. The number of anilines is 1. The highest BCUT2D eigenvalue weighted by Crippen LogP contribution is 2.27. The summed E-state index contributed by atoms with van der Waals surface area (Å²) < 4.78 is 34.4. The van der Waals surface area contributed by atoms with Gasteiger partial charge in [0, 0.05) is 18.8 Å². The Morgan fingerprint density at radius 2 is 2.19 bits per heavy atom. The first kappa shape index (κ1) is 16.1. The molecule has 0 aromatic carbocycles. The monoisotopic (exact) mass is 376 g/mol. The van der Waals surface area contributed by atoms with Crippen LogP contribution in [-0.4, -0.2) is 24.7 Å². The zero-order valence-corrected chi connectivity index (χ0v) is 14.2. The molecule has 0 fully saturated rings. The molecule has 0 unspecified atom stereocenters. The van der Waals surface area contributed by atoms with Crippen molar-refractivity contribution in [3.8, 4) is 0 Å². The lowest BCUT2D eigenvalue weighted by atomic mass is 10.4. The Balaban J connectivity index is 2.20. The molecule has 0 saturated carbocycles. The highest BCUT2D eigenvalue weighted by atomic mass is 79.9. The van der Waals surface area contributed by atoms with E-state index in [1.807, 2.05) is 13.8 Å². The highest BCUT2D eigenvalue weighted by molar-refractivity contribution is 9.10. The molecule has 2 N–H and O–H groups in total. The predicted molar refractivity (Wildman–Crippen MR) is 82.5 cm³/mol. The van der Waals surface area contributed by atoms with Crippen LogP contribution in [0.1, 0.15) is 19.6 Å². The number of nitrogens with one attached hydrogen (secondary N) is 2. The molecular weight excluding hydrogens is 360 g/mol. The number of furan rings is 1. The molecule has 2 aromatic rings. The summed E-state index contributed by atoms with van der Waals surface area (Å²) in [6, 6.07) is 1.50. The van der Waals surface area contributed by atoms with Crippen LogP contribution in [0.15, 0.2) is 32.4 Å². The van der Waals surface area contributed by atoms with Gasteiger partial charge < -0.3 is 9.73 Å². The highest BCUT2D eigenvalue weighted by Gasteiger charge is 2.23. The average molecular weight is 377 g/mol. The molecule has 0 saturated heterocycles. The van der Waals surface area contributed by atoms with Gasteiger partial charge in [-0.25, -0.2) is 8.42 Å². The number of nitrogens with zero attached hydrogens (tertiary/aromatic N) is 2. The summed E-state index contributed by atoms with van der Waals surface area (Å²) >= 11 is 3.14. The topological polar surface area (TPSA) is 89.2 Å². The molecule has 9 heteroatoms. The predicted octanol–water partition coefficient (Wildman–Crippen LogP) is 2.17. The summed E-state index contributed by atoms with van der Waals surface area (Å²) in [4.78, 5) is 0.0691. The van der Waals surface area contributed by atoms with Gasteiger partial charge in [-0.15, -0.1) is 0 Å². The fourth-order valence-corrected chi connectivity index (χ4v) is 3.74. The fourth-order valence-electron chi connectivity index (χ4n) is 1.72. The maximum absolute atomic E-state index is 12.3. The van der Waals surface area contributed by atoms with Gasteiger partial charge in [-0.05, 0) is 29.4 Å². The Morgan fingerprint density at radius 3 is 2.81 bits per heavy atom. The standard InChI is InChI=1S/C12H17BrN4O3S/c1-3-14-7-10-5-11(12(13)20-10)21(18,19)16-9-6-15-17(4-2)8-9/h5-6,8,14,16H,3-4,7H2,1-2H3. The summed E-state index contributed by atoms with van der Waals surface area (Å²) in [6.45, 7) is 5.80. The van der Waals surface area contributed by atoms with E-state index in [0.29, 0.717) is 24.5 Å². The Hall–Kier alpha value is -1.32. The minimum absolute atomic E-state index is 0.0691. The van der Waals surface area contributed by atoms with E-state index < -0.39 is 10.0 Å². The van der Waals surface area contributed by atoms with Crippen molar-refractivity contribution in [2.45, 2.75) is 31.8 Å². The van der Waals surface area contributed by atoms with Gasteiger partial charge in [0.15, 0.2) is 4.67 Å². The van der Waals surface area contributed by atoms with Crippen LogP contribution in [0, 0.1) is 0 Å². The van der Waals surface area contributed by atoms with Gasteiger partial charge in [0.05, 0.1) is 18.4 Å². The normalized spacial score (nSPS) is 11.8. The van der Waals surface area contributed by atoms with Crippen LogP contribution in [0.5, 0.6) is 0 Å². The molecular formula is C12H17BrN4O3S. The van der Waals surface area contributed by atoms with Gasteiger partial charge in [0.1, 0.15) is 10.7 Å². The van der Waals surface area contributed by atoms with E-state index in [0.717, 1.165) is 6.54 Å². The van der Waals surface area contributed by atoms with Crippen molar-refractivity contribution in [1.82, 2.24) is 15.1 Å². The summed E-state index contributed by atoms with van der Waals surface area (Å²) in [5, 5.41) is 7.10. The van der Waals surface area contributed by atoms with Crippen molar-refractivity contribution in [1.29, 1.82) is 0 Å². The molecule has 0 bridgehead atoms. The van der Waals surface area contributed by atoms with Crippen LogP contribution in [-0.2, 0) is 23.1 Å². The van der Waals surface area contributed by atoms with Crippen LogP contribution in [0.3, 0.4) is 0 Å². The van der Waals surface area contributed by atoms with Crippen LogP contribution in [0.25, 0.3) is 0 Å². The molecule has 2 rings (SSSR count). The second kappa shape index (κ2) is 6.63. The van der Waals surface area contributed by atoms with E-state index in [1.54, 1.807) is 10.9 Å². The number of halogens is 1. The molecule has 0 radical (unpaired) electrons. The van der Waals surface area contributed by atoms with Crippen LogP contribution < -0.4 is 10.0 Å². The minimum Gasteiger partial charge on any atom is -0.451 e. The lowest BCUT2D eigenvalue weighted by Gasteiger charge is -2.03. The Kier molecular flexibility index (Phi) is 5.07. The second-order valence-electron chi connectivity index (χ2n) is 4.32. The summed E-state index contributed by atoms with van der Waals surface area (Å²) in [5.74, 6) is 0.549. The van der Waals surface area contributed by atoms with E-state index >= 15 is 0 Å². The van der Waals surface area contributed by atoms with E-state index in [4.69, 9.17) is 4.42 Å².